The average Bonchev–Trinajstić information content (AvgIpc) is 2.90. The van der Waals surface area contributed by atoms with Gasteiger partial charge in [-0.05, 0) is 12.1 Å². The van der Waals surface area contributed by atoms with Crippen molar-refractivity contribution in [1.29, 1.82) is 0 Å². The highest BCUT2D eigenvalue weighted by Gasteiger charge is 2.46. The molecule has 6 heteroatoms. The summed E-state index contributed by atoms with van der Waals surface area (Å²) in [4.78, 5) is 20.3. The molecule has 1 atom stereocenters. The Balaban J connectivity index is 1.95. The van der Waals surface area contributed by atoms with Crippen molar-refractivity contribution in [2.45, 2.75) is 12.0 Å². The van der Waals surface area contributed by atoms with Crippen LogP contribution in [-0.4, -0.2) is 35.5 Å². The molecule has 88 valence electrons. The maximum Gasteiger partial charge on any atom is 0.256 e. The summed E-state index contributed by atoms with van der Waals surface area (Å²) in [6.07, 6.45) is 2.22. The first-order valence-corrected chi connectivity index (χ1v) is 5.68. The monoisotopic (exact) mass is 251 g/mol. The Labute approximate surface area is 103 Å². The van der Waals surface area contributed by atoms with Gasteiger partial charge in [-0.2, -0.15) is 0 Å². The van der Waals surface area contributed by atoms with E-state index in [4.69, 9.17) is 16.3 Å². The number of carbonyl (C=O) groups is 1. The topological polar surface area (TPSA) is 63.6 Å². The molecule has 1 fully saturated rings. The molecule has 0 bridgehead atoms. The Hall–Kier alpha value is -1.46. The van der Waals surface area contributed by atoms with Crippen LogP contribution in [0.25, 0.3) is 0 Å². The second-order valence-electron chi connectivity index (χ2n) is 4.12. The second kappa shape index (κ2) is 3.78. The normalized spacial score (nSPS) is 27.4. The summed E-state index contributed by atoms with van der Waals surface area (Å²) in [5, 5.41) is 3.18. The SMILES string of the molecule is O=C1NC(c2ccc(Cl)nc2)=NC12CCOC2. The first-order chi connectivity index (χ1) is 8.20. The van der Waals surface area contributed by atoms with Crippen molar-refractivity contribution in [2.24, 2.45) is 4.99 Å². The van der Waals surface area contributed by atoms with E-state index in [9.17, 15) is 4.79 Å². The Kier molecular flexibility index (Phi) is 2.38. The molecule has 2 aliphatic rings. The smallest absolute Gasteiger partial charge is 0.256 e. The van der Waals surface area contributed by atoms with Crippen LogP contribution in [0.2, 0.25) is 5.15 Å². The van der Waals surface area contributed by atoms with Crippen molar-refractivity contribution in [2.75, 3.05) is 13.2 Å². The quantitative estimate of drug-likeness (QED) is 0.750. The highest BCUT2D eigenvalue weighted by atomic mass is 35.5. The Morgan fingerprint density at radius 2 is 2.35 bits per heavy atom. The maximum atomic E-state index is 11.9. The molecule has 1 spiro atoms. The van der Waals surface area contributed by atoms with Gasteiger partial charge in [-0.3, -0.25) is 4.79 Å². The average molecular weight is 252 g/mol. The molecule has 1 aromatic heterocycles. The van der Waals surface area contributed by atoms with Crippen molar-refractivity contribution in [3.8, 4) is 0 Å². The lowest BCUT2D eigenvalue weighted by molar-refractivity contribution is -0.123. The number of hydrogen-bond donors (Lipinski definition) is 1. The molecular weight excluding hydrogens is 242 g/mol. The predicted molar refractivity (Wildman–Crippen MR) is 62.1 cm³/mol. The third-order valence-corrected chi connectivity index (χ3v) is 3.21. The molecule has 0 saturated carbocycles. The number of halogens is 1. The Morgan fingerprint density at radius 1 is 1.47 bits per heavy atom. The summed E-state index contributed by atoms with van der Waals surface area (Å²) in [6, 6.07) is 3.45. The zero-order chi connectivity index (χ0) is 11.9. The number of aromatic nitrogens is 1. The molecule has 1 N–H and O–H groups in total. The predicted octanol–water partition coefficient (Wildman–Crippen LogP) is 0.770. The van der Waals surface area contributed by atoms with Gasteiger partial charge in [-0.1, -0.05) is 11.6 Å². The van der Waals surface area contributed by atoms with Crippen molar-refractivity contribution in [3.63, 3.8) is 0 Å². The van der Waals surface area contributed by atoms with Crippen molar-refractivity contribution in [3.05, 3.63) is 29.0 Å². The highest BCUT2D eigenvalue weighted by Crippen LogP contribution is 2.28. The lowest BCUT2D eigenvalue weighted by atomic mass is 10.0. The standard InChI is InChI=1S/C11H10ClN3O2/c12-8-2-1-7(5-13-8)9-14-10(16)11(15-9)3-4-17-6-11/h1-2,5H,3-4,6H2,(H,14,15,16). The van der Waals surface area contributed by atoms with E-state index >= 15 is 0 Å². The summed E-state index contributed by atoms with van der Waals surface area (Å²) in [7, 11) is 0. The fraction of sp³-hybridized carbons (Fsp3) is 0.364. The largest absolute Gasteiger partial charge is 0.378 e. The van der Waals surface area contributed by atoms with Crippen molar-refractivity contribution < 1.29 is 9.53 Å². The van der Waals surface area contributed by atoms with Gasteiger partial charge in [0.2, 0.25) is 0 Å². The van der Waals surface area contributed by atoms with Crippen LogP contribution >= 0.6 is 11.6 Å². The van der Waals surface area contributed by atoms with Gasteiger partial charge in [0.15, 0.2) is 5.54 Å². The number of rotatable bonds is 1. The Morgan fingerprint density at radius 3 is 3.00 bits per heavy atom. The van der Waals surface area contributed by atoms with Gasteiger partial charge in [0.05, 0.1) is 6.61 Å². The van der Waals surface area contributed by atoms with E-state index in [2.05, 4.69) is 15.3 Å². The minimum absolute atomic E-state index is 0.0973. The van der Waals surface area contributed by atoms with Crippen LogP contribution < -0.4 is 5.32 Å². The van der Waals surface area contributed by atoms with Crippen molar-refractivity contribution in [1.82, 2.24) is 10.3 Å². The molecule has 17 heavy (non-hydrogen) atoms. The lowest BCUT2D eigenvalue weighted by Crippen LogP contribution is -2.40. The molecule has 1 aromatic rings. The molecular formula is C11H10ClN3O2. The van der Waals surface area contributed by atoms with Gasteiger partial charge < -0.3 is 10.1 Å². The Bertz CT molecular complexity index is 492. The van der Waals surface area contributed by atoms with Crippen LogP contribution in [0.15, 0.2) is 23.3 Å². The van der Waals surface area contributed by atoms with E-state index in [0.29, 0.717) is 30.6 Å². The van der Waals surface area contributed by atoms with E-state index in [-0.39, 0.29) is 5.91 Å². The number of nitrogens with one attached hydrogen (secondary N) is 1. The third-order valence-electron chi connectivity index (χ3n) is 2.98. The van der Waals surface area contributed by atoms with Gasteiger partial charge in [0.1, 0.15) is 11.0 Å². The van der Waals surface area contributed by atoms with Gasteiger partial charge in [-0.15, -0.1) is 0 Å². The molecule has 0 aliphatic carbocycles. The molecule has 1 unspecified atom stereocenters. The van der Waals surface area contributed by atoms with Gasteiger partial charge in [0, 0.05) is 24.8 Å². The van der Waals surface area contributed by atoms with Crippen LogP contribution in [0.4, 0.5) is 0 Å². The molecule has 1 saturated heterocycles. The summed E-state index contributed by atoms with van der Waals surface area (Å²) < 4.78 is 5.25. The molecule has 1 amide bonds. The molecule has 0 aromatic carbocycles. The maximum absolute atomic E-state index is 11.9. The number of carbonyl (C=O) groups excluding carboxylic acids is 1. The second-order valence-corrected chi connectivity index (χ2v) is 4.51. The van der Waals surface area contributed by atoms with Crippen LogP contribution in [0.5, 0.6) is 0 Å². The summed E-state index contributed by atoms with van der Waals surface area (Å²) >= 11 is 5.71. The van der Waals surface area contributed by atoms with Crippen LogP contribution in [0, 0.1) is 0 Å². The lowest BCUT2D eigenvalue weighted by Gasteiger charge is -2.12. The van der Waals surface area contributed by atoms with E-state index in [1.54, 1.807) is 18.3 Å². The number of amidine groups is 1. The first-order valence-electron chi connectivity index (χ1n) is 5.31. The number of pyridine rings is 1. The molecule has 5 nitrogen and oxygen atoms in total. The van der Waals surface area contributed by atoms with E-state index in [1.165, 1.54) is 0 Å². The van der Waals surface area contributed by atoms with E-state index in [0.717, 1.165) is 5.56 Å². The van der Waals surface area contributed by atoms with Gasteiger partial charge >= 0.3 is 0 Å². The summed E-state index contributed by atoms with van der Waals surface area (Å²) in [5.74, 6) is 0.449. The van der Waals surface area contributed by atoms with Crippen LogP contribution in [-0.2, 0) is 9.53 Å². The van der Waals surface area contributed by atoms with Gasteiger partial charge in [0.25, 0.3) is 5.91 Å². The van der Waals surface area contributed by atoms with Gasteiger partial charge in [-0.25, -0.2) is 9.98 Å². The summed E-state index contributed by atoms with van der Waals surface area (Å²) in [5.41, 5.74) is 0.0288. The third kappa shape index (κ3) is 1.71. The molecule has 3 rings (SSSR count). The van der Waals surface area contributed by atoms with Crippen LogP contribution in [0.1, 0.15) is 12.0 Å². The molecule has 3 heterocycles. The minimum Gasteiger partial charge on any atom is -0.378 e. The van der Waals surface area contributed by atoms with Crippen LogP contribution in [0.3, 0.4) is 0 Å². The minimum atomic E-state index is -0.727. The number of aliphatic imine (C=N–C) groups is 1. The zero-order valence-corrected chi connectivity index (χ0v) is 9.70. The number of ether oxygens (including phenoxy) is 1. The van der Waals surface area contributed by atoms with E-state index in [1.807, 2.05) is 0 Å². The van der Waals surface area contributed by atoms with E-state index < -0.39 is 5.54 Å². The number of nitrogens with zero attached hydrogens (tertiary/aromatic N) is 2. The number of amides is 1. The molecule has 2 aliphatic heterocycles. The first kappa shape index (κ1) is 10.7. The molecule has 0 radical (unpaired) electrons. The zero-order valence-electron chi connectivity index (χ0n) is 8.94. The van der Waals surface area contributed by atoms with Crippen molar-refractivity contribution >= 4 is 23.3 Å². The summed E-state index contributed by atoms with van der Waals surface area (Å²) in [6.45, 7) is 0.923. The fourth-order valence-corrected chi connectivity index (χ4v) is 2.10. The number of hydrogen-bond acceptors (Lipinski definition) is 4. The highest BCUT2D eigenvalue weighted by molar-refractivity contribution is 6.29. The fourth-order valence-electron chi connectivity index (χ4n) is 1.99.